The molecule has 0 amide bonds. The van der Waals surface area contributed by atoms with Crippen LogP contribution in [0.1, 0.15) is 10.5 Å². The summed E-state index contributed by atoms with van der Waals surface area (Å²) in [5.41, 5.74) is 1.83. The third-order valence-corrected chi connectivity index (χ3v) is 2.91. The van der Waals surface area contributed by atoms with Crippen LogP contribution in [0, 0.1) is 0 Å². The summed E-state index contributed by atoms with van der Waals surface area (Å²) in [7, 11) is 3.55. The number of carbonyl (C=O) groups is 1. The minimum absolute atomic E-state index is 0.0669. The van der Waals surface area contributed by atoms with Crippen LogP contribution in [0.15, 0.2) is 30.9 Å². The quantitative estimate of drug-likeness (QED) is 0.769. The number of hydrogen-bond acceptors (Lipinski definition) is 5. The molecular formula is C13H12N6O2. The minimum atomic E-state index is -1.10. The predicted octanol–water partition coefficient (Wildman–Crippen LogP) is 0.976. The van der Waals surface area contributed by atoms with Gasteiger partial charge in [0.1, 0.15) is 0 Å². The smallest absolute Gasteiger partial charge is 0.354 e. The van der Waals surface area contributed by atoms with Gasteiger partial charge in [-0.2, -0.15) is 10.2 Å². The molecule has 0 aliphatic rings. The van der Waals surface area contributed by atoms with Crippen molar-refractivity contribution in [1.82, 2.24) is 29.5 Å². The first kappa shape index (κ1) is 13.0. The van der Waals surface area contributed by atoms with Crippen molar-refractivity contribution >= 4 is 5.97 Å². The highest BCUT2D eigenvalue weighted by atomic mass is 16.4. The van der Waals surface area contributed by atoms with Crippen LogP contribution < -0.4 is 0 Å². The summed E-state index contributed by atoms with van der Waals surface area (Å²) in [4.78, 5) is 19.7. The van der Waals surface area contributed by atoms with Gasteiger partial charge in [-0.1, -0.05) is 0 Å². The summed E-state index contributed by atoms with van der Waals surface area (Å²) in [6, 6.07) is 1.43. The van der Waals surface area contributed by atoms with Crippen molar-refractivity contribution < 1.29 is 9.90 Å². The fourth-order valence-electron chi connectivity index (χ4n) is 1.92. The van der Waals surface area contributed by atoms with E-state index in [4.69, 9.17) is 0 Å². The second-order valence-electron chi connectivity index (χ2n) is 4.57. The highest BCUT2D eigenvalue weighted by Gasteiger charge is 2.14. The van der Waals surface area contributed by atoms with Gasteiger partial charge in [-0.25, -0.2) is 14.8 Å². The molecule has 0 radical (unpaired) electrons. The number of aryl methyl sites for hydroxylation is 2. The van der Waals surface area contributed by atoms with E-state index in [0.717, 1.165) is 5.56 Å². The maximum absolute atomic E-state index is 11.2. The van der Waals surface area contributed by atoms with Crippen molar-refractivity contribution in [1.29, 1.82) is 0 Å². The fourth-order valence-corrected chi connectivity index (χ4v) is 1.92. The lowest BCUT2D eigenvalue weighted by molar-refractivity contribution is 0.0690. The second-order valence-corrected chi connectivity index (χ2v) is 4.57. The van der Waals surface area contributed by atoms with Crippen LogP contribution in [-0.2, 0) is 14.1 Å². The second kappa shape index (κ2) is 4.82. The van der Waals surface area contributed by atoms with E-state index in [1.54, 1.807) is 48.2 Å². The number of carboxylic acid groups (broad SMARTS) is 1. The lowest BCUT2D eigenvalue weighted by Crippen LogP contribution is -2.04. The van der Waals surface area contributed by atoms with Crippen molar-refractivity contribution in [2.45, 2.75) is 0 Å². The lowest BCUT2D eigenvalue weighted by atomic mass is 10.2. The van der Waals surface area contributed by atoms with Gasteiger partial charge in [0.2, 0.25) is 0 Å². The van der Waals surface area contributed by atoms with Gasteiger partial charge in [0.15, 0.2) is 11.5 Å². The summed E-state index contributed by atoms with van der Waals surface area (Å²) in [6.07, 6.45) is 6.71. The summed E-state index contributed by atoms with van der Waals surface area (Å²) >= 11 is 0. The van der Waals surface area contributed by atoms with Crippen LogP contribution in [0.4, 0.5) is 0 Å². The number of hydrogen-bond donors (Lipinski definition) is 1. The first-order chi connectivity index (χ1) is 10.0. The highest BCUT2D eigenvalue weighted by Crippen LogP contribution is 2.21. The predicted molar refractivity (Wildman–Crippen MR) is 73.4 cm³/mol. The van der Waals surface area contributed by atoms with Gasteiger partial charge in [0, 0.05) is 32.1 Å². The molecule has 21 heavy (non-hydrogen) atoms. The Morgan fingerprint density at radius 1 is 1.05 bits per heavy atom. The average molecular weight is 284 g/mol. The molecule has 3 heterocycles. The zero-order chi connectivity index (χ0) is 15.0. The third kappa shape index (κ3) is 2.50. The number of aromatic carboxylic acids is 1. The molecule has 0 aliphatic heterocycles. The molecule has 3 rings (SSSR count). The summed E-state index contributed by atoms with van der Waals surface area (Å²) in [5, 5.41) is 17.3. The van der Waals surface area contributed by atoms with E-state index in [1.807, 2.05) is 0 Å². The van der Waals surface area contributed by atoms with Crippen LogP contribution in [0.5, 0.6) is 0 Å². The van der Waals surface area contributed by atoms with Crippen LogP contribution in [-0.4, -0.2) is 40.6 Å². The fraction of sp³-hybridized carbons (Fsp3) is 0.154. The Kier molecular flexibility index (Phi) is 2.98. The molecule has 8 nitrogen and oxygen atoms in total. The van der Waals surface area contributed by atoms with Gasteiger partial charge in [-0.05, 0) is 6.07 Å². The van der Waals surface area contributed by atoms with Crippen molar-refractivity contribution in [3.8, 4) is 22.6 Å². The van der Waals surface area contributed by atoms with Gasteiger partial charge in [-0.15, -0.1) is 0 Å². The van der Waals surface area contributed by atoms with E-state index in [1.165, 1.54) is 6.07 Å². The molecule has 0 saturated carbocycles. The summed E-state index contributed by atoms with van der Waals surface area (Å²) in [6.45, 7) is 0. The Bertz CT molecular complexity index is 761. The Labute approximate surface area is 119 Å². The number of nitrogens with zero attached hydrogens (tertiary/aromatic N) is 6. The molecule has 3 aromatic rings. The molecule has 0 saturated heterocycles. The van der Waals surface area contributed by atoms with Gasteiger partial charge in [0.05, 0.1) is 23.7 Å². The van der Waals surface area contributed by atoms with E-state index in [0.29, 0.717) is 17.1 Å². The normalized spacial score (nSPS) is 10.8. The standard InChI is InChI=1S/C13H12N6O2/c1-18-6-8(4-14-18)10-3-11(13(20)21)17-12(16-10)9-5-15-19(2)7-9/h3-7H,1-2H3,(H,20,21). The zero-order valence-corrected chi connectivity index (χ0v) is 11.4. The Morgan fingerprint density at radius 2 is 1.67 bits per heavy atom. The minimum Gasteiger partial charge on any atom is -0.477 e. The Hall–Kier alpha value is -3.03. The maximum Gasteiger partial charge on any atom is 0.354 e. The monoisotopic (exact) mass is 284 g/mol. The largest absolute Gasteiger partial charge is 0.477 e. The molecule has 0 spiro atoms. The van der Waals surface area contributed by atoms with E-state index in [-0.39, 0.29) is 5.69 Å². The third-order valence-electron chi connectivity index (χ3n) is 2.91. The van der Waals surface area contributed by atoms with Crippen molar-refractivity contribution in [3.05, 3.63) is 36.5 Å². The summed E-state index contributed by atoms with van der Waals surface area (Å²) < 4.78 is 3.23. The van der Waals surface area contributed by atoms with Crippen LogP contribution >= 0.6 is 0 Å². The number of carboxylic acids is 1. The molecule has 8 heteroatoms. The number of aromatic nitrogens is 6. The van der Waals surface area contributed by atoms with E-state index >= 15 is 0 Å². The molecule has 0 aliphatic carbocycles. The van der Waals surface area contributed by atoms with E-state index in [9.17, 15) is 9.90 Å². The number of rotatable bonds is 3. The van der Waals surface area contributed by atoms with Gasteiger partial charge < -0.3 is 5.11 Å². The molecule has 106 valence electrons. The molecule has 3 aromatic heterocycles. The van der Waals surface area contributed by atoms with Crippen LogP contribution in [0.2, 0.25) is 0 Å². The molecule has 0 atom stereocenters. The van der Waals surface area contributed by atoms with Crippen molar-refractivity contribution in [3.63, 3.8) is 0 Å². The molecule has 0 aromatic carbocycles. The topological polar surface area (TPSA) is 98.7 Å². The maximum atomic E-state index is 11.2. The van der Waals surface area contributed by atoms with Gasteiger partial charge in [0.25, 0.3) is 0 Å². The first-order valence-corrected chi connectivity index (χ1v) is 6.13. The SMILES string of the molecule is Cn1cc(-c2cc(C(=O)O)nc(-c3cnn(C)c3)n2)cn1. The average Bonchev–Trinajstić information content (AvgIpc) is 3.07. The zero-order valence-electron chi connectivity index (χ0n) is 11.4. The first-order valence-electron chi connectivity index (χ1n) is 6.13. The van der Waals surface area contributed by atoms with Crippen LogP contribution in [0.25, 0.3) is 22.6 Å². The lowest BCUT2D eigenvalue weighted by Gasteiger charge is -2.03. The highest BCUT2D eigenvalue weighted by molar-refractivity contribution is 5.87. The summed E-state index contributed by atoms with van der Waals surface area (Å²) in [5.74, 6) is -0.783. The van der Waals surface area contributed by atoms with E-state index < -0.39 is 5.97 Å². The molecule has 0 unspecified atom stereocenters. The molecule has 1 N–H and O–H groups in total. The van der Waals surface area contributed by atoms with Gasteiger partial charge in [-0.3, -0.25) is 9.36 Å². The Morgan fingerprint density at radius 3 is 2.19 bits per heavy atom. The van der Waals surface area contributed by atoms with E-state index in [2.05, 4.69) is 20.2 Å². The molecule has 0 fully saturated rings. The Balaban J connectivity index is 2.16. The van der Waals surface area contributed by atoms with Crippen molar-refractivity contribution in [2.24, 2.45) is 14.1 Å². The molecular weight excluding hydrogens is 272 g/mol. The van der Waals surface area contributed by atoms with Crippen molar-refractivity contribution in [2.75, 3.05) is 0 Å². The van der Waals surface area contributed by atoms with Gasteiger partial charge >= 0.3 is 5.97 Å². The van der Waals surface area contributed by atoms with Crippen LogP contribution in [0.3, 0.4) is 0 Å². The molecule has 0 bridgehead atoms.